The van der Waals surface area contributed by atoms with Crippen molar-refractivity contribution in [3.63, 3.8) is 0 Å². The van der Waals surface area contributed by atoms with Gasteiger partial charge in [-0.1, -0.05) is 77.9 Å². The number of carbonyl (C=O) groups excluding carboxylic acids is 2. The number of benzene rings is 3. The van der Waals surface area contributed by atoms with E-state index in [0.29, 0.717) is 34.1 Å². The Hall–Kier alpha value is -3.80. The highest BCUT2D eigenvalue weighted by molar-refractivity contribution is 5.71. The Morgan fingerprint density at radius 2 is 0.853 bits per heavy atom. The van der Waals surface area contributed by atoms with E-state index in [0.717, 1.165) is 0 Å². The molecule has 0 fully saturated rings. The lowest BCUT2D eigenvalue weighted by Crippen LogP contribution is -2.23. The molecular formula is C28H30O6. The summed E-state index contributed by atoms with van der Waals surface area (Å²) in [5.74, 6) is 1.43. The number of hydrogen-bond donors (Lipinski definition) is 0. The van der Waals surface area contributed by atoms with Gasteiger partial charge in [-0.05, 0) is 47.2 Å². The molecule has 0 spiro atoms. The van der Waals surface area contributed by atoms with E-state index in [9.17, 15) is 9.59 Å². The Morgan fingerprint density at radius 3 is 1.15 bits per heavy atom. The minimum absolute atomic E-state index is 0.335. The highest BCUT2D eigenvalue weighted by Gasteiger charge is 2.29. The van der Waals surface area contributed by atoms with Gasteiger partial charge < -0.3 is 18.9 Å². The first-order valence-corrected chi connectivity index (χ1v) is 11.0. The van der Waals surface area contributed by atoms with Crippen LogP contribution < -0.4 is 18.9 Å². The zero-order valence-corrected chi connectivity index (χ0v) is 20.4. The summed E-state index contributed by atoms with van der Waals surface area (Å²) >= 11 is 0. The number of ether oxygens (including phenoxy) is 4. The van der Waals surface area contributed by atoms with Crippen LogP contribution in [0.15, 0.2) is 72.8 Å². The molecule has 3 aromatic carbocycles. The quantitative estimate of drug-likeness (QED) is 0.296. The molecular weight excluding hydrogens is 432 g/mol. The summed E-state index contributed by atoms with van der Waals surface area (Å²) in [5.41, 5.74) is 0.488. The van der Waals surface area contributed by atoms with E-state index < -0.39 is 23.1 Å². The molecule has 178 valence electrons. The topological polar surface area (TPSA) is 71.1 Å². The van der Waals surface area contributed by atoms with Crippen LogP contribution in [0.4, 0.5) is 9.59 Å². The van der Waals surface area contributed by atoms with Crippen molar-refractivity contribution in [2.45, 2.75) is 52.4 Å². The van der Waals surface area contributed by atoms with Crippen LogP contribution >= 0.6 is 0 Å². The van der Waals surface area contributed by atoms with Crippen LogP contribution in [0.1, 0.15) is 52.7 Å². The van der Waals surface area contributed by atoms with Crippen molar-refractivity contribution in [1.29, 1.82) is 0 Å². The van der Waals surface area contributed by atoms with Crippen LogP contribution in [-0.2, 0) is 10.8 Å². The first kappa shape index (κ1) is 24.8. The minimum Gasteiger partial charge on any atom is -0.395 e. The standard InChI is InChI=1S/C28H30O6/c1-27(2,3)21-17-24(34-26(30)32-20-15-11-8-12-16-20)22(28(4,5)6)18-23(21)33-25(29)31-19-13-9-7-10-14-19/h7-18H,1-6H3. The molecule has 0 radical (unpaired) electrons. The first-order valence-electron chi connectivity index (χ1n) is 11.0. The minimum atomic E-state index is -0.853. The molecule has 6 heteroatoms. The van der Waals surface area contributed by atoms with Crippen molar-refractivity contribution >= 4 is 12.3 Å². The number of para-hydroxylation sites is 2. The van der Waals surface area contributed by atoms with Gasteiger partial charge in [0.2, 0.25) is 0 Å². The molecule has 0 N–H and O–H groups in total. The lowest BCUT2D eigenvalue weighted by molar-refractivity contribution is 0.147. The van der Waals surface area contributed by atoms with Crippen LogP contribution in [0.3, 0.4) is 0 Å². The average Bonchev–Trinajstić information content (AvgIpc) is 2.74. The van der Waals surface area contributed by atoms with Crippen molar-refractivity contribution in [3.8, 4) is 23.0 Å². The molecule has 0 heterocycles. The van der Waals surface area contributed by atoms with Crippen molar-refractivity contribution in [3.05, 3.63) is 83.9 Å². The Bertz CT molecular complexity index is 1050. The van der Waals surface area contributed by atoms with E-state index in [4.69, 9.17) is 18.9 Å². The predicted molar refractivity (Wildman–Crippen MR) is 130 cm³/mol. The maximum absolute atomic E-state index is 12.5. The van der Waals surface area contributed by atoms with E-state index >= 15 is 0 Å². The van der Waals surface area contributed by atoms with Crippen molar-refractivity contribution in [2.24, 2.45) is 0 Å². The molecule has 0 aliphatic rings. The molecule has 0 saturated heterocycles. The second-order valence-electron chi connectivity index (χ2n) is 9.88. The van der Waals surface area contributed by atoms with Crippen molar-refractivity contribution < 1.29 is 28.5 Å². The van der Waals surface area contributed by atoms with Gasteiger partial charge >= 0.3 is 12.3 Å². The molecule has 6 nitrogen and oxygen atoms in total. The zero-order chi connectivity index (χ0) is 24.9. The fourth-order valence-electron chi connectivity index (χ4n) is 3.29. The van der Waals surface area contributed by atoms with Gasteiger partial charge in [-0.2, -0.15) is 0 Å². The fraction of sp³-hybridized carbons (Fsp3) is 0.286. The summed E-state index contributed by atoms with van der Waals surface area (Å²) in [5, 5.41) is 0. The first-order chi connectivity index (χ1) is 15.9. The smallest absolute Gasteiger partial charge is 0.395 e. The van der Waals surface area contributed by atoms with Crippen molar-refractivity contribution in [2.75, 3.05) is 0 Å². The summed E-state index contributed by atoms with van der Waals surface area (Å²) in [6.07, 6.45) is -1.71. The summed E-state index contributed by atoms with van der Waals surface area (Å²) in [4.78, 5) is 25.1. The Morgan fingerprint density at radius 1 is 0.529 bits per heavy atom. The maximum Gasteiger partial charge on any atom is 0.519 e. The molecule has 0 aliphatic heterocycles. The Kier molecular flexibility index (Phi) is 7.30. The number of carbonyl (C=O) groups is 2. The van der Waals surface area contributed by atoms with Crippen molar-refractivity contribution in [1.82, 2.24) is 0 Å². The summed E-state index contributed by atoms with van der Waals surface area (Å²) in [6.45, 7) is 11.8. The summed E-state index contributed by atoms with van der Waals surface area (Å²) < 4.78 is 21.9. The Balaban J connectivity index is 1.95. The number of rotatable bonds is 4. The van der Waals surface area contributed by atoms with E-state index in [1.165, 1.54) is 0 Å². The number of hydrogen-bond acceptors (Lipinski definition) is 6. The van der Waals surface area contributed by atoms with Gasteiger partial charge in [0.15, 0.2) is 0 Å². The van der Waals surface area contributed by atoms with Crippen LogP contribution in [0, 0.1) is 0 Å². The molecule has 34 heavy (non-hydrogen) atoms. The SMILES string of the molecule is CC(C)(C)c1cc(OC(=O)Oc2ccccc2)c(C(C)(C)C)cc1OC(=O)Oc1ccccc1. The van der Waals surface area contributed by atoms with E-state index in [1.807, 2.05) is 53.7 Å². The highest BCUT2D eigenvalue weighted by atomic mass is 16.7. The molecule has 3 rings (SSSR count). The largest absolute Gasteiger partial charge is 0.519 e. The predicted octanol–water partition coefficient (Wildman–Crippen LogP) is 7.44. The molecule has 0 amide bonds. The molecule has 3 aromatic rings. The van der Waals surface area contributed by atoms with Crippen LogP contribution in [-0.4, -0.2) is 12.3 Å². The third-order valence-electron chi connectivity index (χ3n) is 4.97. The molecule has 0 unspecified atom stereocenters. The third-order valence-corrected chi connectivity index (χ3v) is 4.97. The van der Waals surface area contributed by atoms with Gasteiger partial charge in [0.1, 0.15) is 23.0 Å². The van der Waals surface area contributed by atoms with Gasteiger partial charge in [-0.15, -0.1) is 0 Å². The zero-order valence-electron chi connectivity index (χ0n) is 20.4. The normalized spacial score (nSPS) is 11.5. The van der Waals surface area contributed by atoms with E-state index in [2.05, 4.69) is 0 Å². The maximum atomic E-state index is 12.5. The van der Waals surface area contributed by atoms with Crippen LogP contribution in [0.2, 0.25) is 0 Å². The van der Waals surface area contributed by atoms with Gasteiger partial charge in [0, 0.05) is 11.1 Å². The monoisotopic (exact) mass is 462 g/mol. The van der Waals surface area contributed by atoms with Crippen LogP contribution in [0.25, 0.3) is 0 Å². The summed E-state index contributed by atoms with van der Waals surface area (Å²) in [6, 6.07) is 20.8. The molecule has 0 bridgehead atoms. The van der Waals surface area contributed by atoms with Gasteiger partial charge in [-0.25, -0.2) is 9.59 Å². The lowest BCUT2D eigenvalue weighted by atomic mass is 9.81. The second kappa shape index (κ2) is 10.00. The van der Waals surface area contributed by atoms with Crippen LogP contribution in [0.5, 0.6) is 23.0 Å². The molecule has 0 aliphatic carbocycles. The average molecular weight is 463 g/mol. The van der Waals surface area contributed by atoms with Gasteiger partial charge in [-0.3, -0.25) is 0 Å². The third kappa shape index (κ3) is 6.61. The fourth-order valence-corrected chi connectivity index (χ4v) is 3.29. The van der Waals surface area contributed by atoms with E-state index in [-0.39, 0.29) is 0 Å². The summed E-state index contributed by atoms with van der Waals surface area (Å²) in [7, 11) is 0. The molecule has 0 saturated carbocycles. The lowest BCUT2D eigenvalue weighted by Gasteiger charge is -2.28. The second-order valence-corrected chi connectivity index (χ2v) is 9.88. The molecule has 0 atom stereocenters. The van der Waals surface area contributed by atoms with E-state index in [1.54, 1.807) is 60.7 Å². The molecule has 0 aromatic heterocycles. The highest BCUT2D eigenvalue weighted by Crippen LogP contribution is 2.41. The van der Waals surface area contributed by atoms with Gasteiger partial charge in [0.25, 0.3) is 0 Å². The Labute approximate surface area is 200 Å². The van der Waals surface area contributed by atoms with Gasteiger partial charge in [0.05, 0.1) is 0 Å².